The number of aliphatic carboxylic acids is 1. The van der Waals surface area contributed by atoms with Gasteiger partial charge in [-0.05, 0) is 19.5 Å². The molecular formula is C13H19NO3. The van der Waals surface area contributed by atoms with Crippen LogP contribution in [0.25, 0.3) is 0 Å². The number of hydrogen-bond acceptors (Lipinski definition) is 3. The molecule has 0 radical (unpaired) electrons. The van der Waals surface area contributed by atoms with Crippen LogP contribution in [0.2, 0.25) is 0 Å². The highest BCUT2D eigenvalue weighted by Crippen LogP contribution is 2.19. The molecule has 0 saturated carbocycles. The molecule has 0 aliphatic rings. The third-order valence-electron chi connectivity index (χ3n) is 2.97. The molecule has 0 amide bonds. The van der Waals surface area contributed by atoms with Crippen molar-refractivity contribution in [3.05, 3.63) is 35.9 Å². The van der Waals surface area contributed by atoms with Crippen molar-refractivity contribution in [3.63, 3.8) is 0 Å². The maximum Gasteiger partial charge on any atom is 0.304 e. The van der Waals surface area contributed by atoms with E-state index in [-0.39, 0.29) is 12.5 Å². The molecule has 0 heterocycles. The van der Waals surface area contributed by atoms with E-state index in [1.165, 1.54) is 0 Å². The lowest BCUT2D eigenvalue weighted by Gasteiger charge is -2.28. The molecule has 2 atom stereocenters. The molecule has 0 fully saturated rings. The Kier molecular flexibility index (Phi) is 5.12. The van der Waals surface area contributed by atoms with Crippen LogP contribution in [-0.4, -0.2) is 40.7 Å². The smallest absolute Gasteiger partial charge is 0.304 e. The first-order valence-corrected chi connectivity index (χ1v) is 5.67. The lowest BCUT2D eigenvalue weighted by molar-refractivity contribution is -0.137. The van der Waals surface area contributed by atoms with Crippen LogP contribution in [0.4, 0.5) is 0 Å². The first kappa shape index (κ1) is 13.7. The summed E-state index contributed by atoms with van der Waals surface area (Å²) < 4.78 is 0. The zero-order chi connectivity index (χ0) is 12.8. The molecule has 0 aliphatic carbocycles. The summed E-state index contributed by atoms with van der Waals surface area (Å²) in [5.41, 5.74) is 0.849. The highest BCUT2D eigenvalue weighted by Gasteiger charge is 2.20. The molecule has 0 aromatic heterocycles. The molecule has 0 saturated heterocycles. The zero-order valence-electron chi connectivity index (χ0n) is 10.2. The number of benzene rings is 1. The van der Waals surface area contributed by atoms with E-state index >= 15 is 0 Å². The van der Waals surface area contributed by atoms with Crippen molar-refractivity contribution in [2.24, 2.45) is 0 Å². The summed E-state index contributed by atoms with van der Waals surface area (Å²) in [5.74, 6) is -0.821. The van der Waals surface area contributed by atoms with Crippen molar-refractivity contribution in [2.45, 2.75) is 25.5 Å². The van der Waals surface area contributed by atoms with Crippen LogP contribution in [0.15, 0.2) is 30.3 Å². The fourth-order valence-corrected chi connectivity index (χ4v) is 1.65. The van der Waals surface area contributed by atoms with E-state index in [4.69, 9.17) is 5.11 Å². The van der Waals surface area contributed by atoms with Gasteiger partial charge in [-0.3, -0.25) is 4.79 Å². The van der Waals surface area contributed by atoms with Gasteiger partial charge in [0.25, 0.3) is 0 Å². The van der Waals surface area contributed by atoms with Gasteiger partial charge >= 0.3 is 5.97 Å². The van der Waals surface area contributed by atoms with Gasteiger partial charge in [-0.1, -0.05) is 30.3 Å². The summed E-state index contributed by atoms with van der Waals surface area (Å²) in [4.78, 5) is 12.3. The number of aliphatic hydroxyl groups excluding tert-OH is 1. The van der Waals surface area contributed by atoms with Crippen LogP contribution in [-0.2, 0) is 4.79 Å². The van der Waals surface area contributed by atoms with Crippen LogP contribution in [0.1, 0.15) is 25.0 Å². The molecule has 2 unspecified atom stereocenters. The highest BCUT2D eigenvalue weighted by atomic mass is 16.4. The Hall–Kier alpha value is -1.39. The van der Waals surface area contributed by atoms with Crippen molar-refractivity contribution in [3.8, 4) is 0 Å². The quantitative estimate of drug-likeness (QED) is 0.787. The predicted octanol–water partition coefficient (Wildman–Crippen LogP) is 1.52. The molecule has 2 N–H and O–H groups in total. The van der Waals surface area contributed by atoms with Crippen molar-refractivity contribution < 1.29 is 15.0 Å². The second-order valence-corrected chi connectivity index (χ2v) is 4.22. The Morgan fingerprint density at radius 2 is 1.94 bits per heavy atom. The largest absolute Gasteiger partial charge is 0.481 e. The molecule has 0 bridgehead atoms. The maximum atomic E-state index is 10.5. The summed E-state index contributed by atoms with van der Waals surface area (Å²) in [5, 5.41) is 18.7. The average molecular weight is 237 g/mol. The summed E-state index contributed by atoms with van der Waals surface area (Å²) >= 11 is 0. The molecule has 1 aromatic carbocycles. The molecule has 17 heavy (non-hydrogen) atoms. The standard InChI is InChI=1S/C13H19NO3/c1-10(14(2)9-8-12(15)16)13(17)11-6-4-3-5-7-11/h3-7,10,13,17H,8-9H2,1-2H3,(H,15,16). The van der Waals surface area contributed by atoms with Crippen LogP contribution >= 0.6 is 0 Å². The third kappa shape index (κ3) is 4.17. The second kappa shape index (κ2) is 6.37. The molecule has 4 heteroatoms. The van der Waals surface area contributed by atoms with E-state index in [0.29, 0.717) is 6.54 Å². The van der Waals surface area contributed by atoms with E-state index in [2.05, 4.69) is 0 Å². The summed E-state index contributed by atoms with van der Waals surface area (Å²) in [6.07, 6.45) is -0.516. The highest BCUT2D eigenvalue weighted by molar-refractivity contribution is 5.66. The van der Waals surface area contributed by atoms with Crippen LogP contribution in [0.3, 0.4) is 0 Å². The SMILES string of the molecule is CC(C(O)c1ccccc1)N(C)CCC(=O)O. The van der Waals surface area contributed by atoms with Gasteiger partial charge in [-0.15, -0.1) is 0 Å². The van der Waals surface area contributed by atoms with Gasteiger partial charge in [0.2, 0.25) is 0 Å². The Balaban J connectivity index is 2.57. The van der Waals surface area contributed by atoms with Crippen LogP contribution in [0.5, 0.6) is 0 Å². The molecule has 1 rings (SSSR count). The molecule has 0 spiro atoms. The number of hydrogen-bond donors (Lipinski definition) is 2. The lowest BCUT2D eigenvalue weighted by Crippen LogP contribution is -2.35. The van der Waals surface area contributed by atoms with Gasteiger partial charge in [0.1, 0.15) is 0 Å². The number of aliphatic hydroxyl groups is 1. The number of carboxylic acid groups (broad SMARTS) is 1. The van der Waals surface area contributed by atoms with E-state index in [1.54, 1.807) is 0 Å². The molecule has 1 aromatic rings. The van der Waals surface area contributed by atoms with Gasteiger partial charge in [-0.2, -0.15) is 0 Å². The third-order valence-corrected chi connectivity index (χ3v) is 2.97. The second-order valence-electron chi connectivity index (χ2n) is 4.22. The van der Waals surface area contributed by atoms with Crippen molar-refractivity contribution in [1.82, 2.24) is 4.90 Å². The summed E-state index contributed by atoms with van der Waals surface area (Å²) in [7, 11) is 1.82. The van der Waals surface area contributed by atoms with E-state index in [1.807, 2.05) is 49.2 Å². The molecule has 4 nitrogen and oxygen atoms in total. The molecule has 94 valence electrons. The van der Waals surface area contributed by atoms with Crippen molar-refractivity contribution >= 4 is 5.97 Å². The first-order valence-electron chi connectivity index (χ1n) is 5.67. The number of carboxylic acids is 1. The monoisotopic (exact) mass is 237 g/mol. The number of likely N-dealkylation sites (N-methyl/N-ethyl adjacent to an activating group) is 1. The molecule has 0 aliphatic heterocycles. The summed E-state index contributed by atoms with van der Waals surface area (Å²) in [6.45, 7) is 2.32. The Labute approximate surface area is 101 Å². The van der Waals surface area contributed by atoms with E-state index < -0.39 is 12.1 Å². The van der Waals surface area contributed by atoms with Crippen LogP contribution < -0.4 is 0 Å². The average Bonchev–Trinajstić information content (AvgIpc) is 2.35. The Bertz CT molecular complexity index is 353. The fourth-order valence-electron chi connectivity index (χ4n) is 1.65. The number of nitrogens with zero attached hydrogens (tertiary/aromatic N) is 1. The zero-order valence-corrected chi connectivity index (χ0v) is 10.2. The van der Waals surface area contributed by atoms with Crippen LogP contribution in [0, 0.1) is 0 Å². The van der Waals surface area contributed by atoms with Gasteiger partial charge < -0.3 is 15.1 Å². The topological polar surface area (TPSA) is 60.8 Å². The fraction of sp³-hybridized carbons (Fsp3) is 0.462. The van der Waals surface area contributed by atoms with Gasteiger partial charge in [-0.25, -0.2) is 0 Å². The minimum absolute atomic E-state index is 0.0857. The first-order chi connectivity index (χ1) is 8.02. The van der Waals surface area contributed by atoms with E-state index in [0.717, 1.165) is 5.56 Å². The lowest BCUT2D eigenvalue weighted by atomic mass is 10.0. The Morgan fingerprint density at radius 3 is 2.47 bits per heavy atom. The number of carbonyl (C=O) groups is 1. The minimum atomic E-state index is -0.821. The Morgan fingerprint density at radius 1 is 1.35 bits per heavy atom. The van der Waals surface area contributed by atoms with Gasteiger partial charge in [0.15, 0.2) is 0 Å². The molecular weight excluding hydrogens is 218 g/mol. The normalized spacial score (nSPS) is 14.6. The van der Waals surface area contributed by atoms with Crippen molar-refractivity contribution in [2.75, 3.05) is 13.6 Å². The van der Waals surface area contributed by atoms with Gasteiger partial charge in [0.05, 0.1) is 12.5 Å². The number of rotatable bonds is 6. The minimum Gasteiger partial charge on any atom is -0.481 e. The van der Waals surface area contributed by atoms with E-state index in [9.17, 15) is 9.90 Å². The predicted molar refractivity (Wildman–Crippen MR) is 65.7 cm³/mol. The summed E-state index contributed by atoms with van der Waals surface area (Å²) in [6, 6.07) is 9.27. The van der Waals surface area contributed by atoms with Crippen molar-refractivity contribution in [1.29, 1.82) is 0 Å². The maximum absolute atomic E-state index is 10.5. The van der Waals surface area contributed by atoms with Gasteiger partial charge in [0, 0.05) is 12.6 Å².